The molecule has 9 nitrogen and oxygen atoms in total. The Morgan fingerprint density at radius 1 is 1.08 bits per heavy atom. The molecule has 1 aromatic carbocycles. The van der Waals surface area contributed by atoms with Crippen LogP contribution in [0.15, 0.2) is 77.2 Å². The molecule has 5 rings (SSSR count). The Hall–Kier alpha value is -3.97. The molecule has 0 radical (unpaired) electrons. The predicted molar refractivity (Wildman–Crippen MR) is 135 cm³/mol. The third-order valence-corrected chi connectivity index (χ3v) is 7.82. The number of benzene rings is 1. The largest absolute Gasteiger partial charge is 0.416 e. The van der Waals surface area contributed by atoms with Gasteiger partial charge < -0.3 is 9.64 Å². The number of imidazole rings is 1. The van der Waals surface area contributed by atoms with E-state index in [2.05, 4.69) is 15.1 Å². The van der Waals surface area contributed by atoms with Crippen LogP contribution in [0.2, 0.25) is 0 Å². The van der Waals surface area contributed by atoms with Crippen LogP contribution in [0.4, 0.5) is 18.9 Å². The van der Waals surface area contributed by atoms with Crippen molar-refractivity contribution in [1.29, 1.82) is 0 Å². The van der Waals surface area contributed by atoms with Crippen LogP contribution in [0.3, 0.4) is 0 Å². The van der Waals surface area contributed by atoms with Gasteiger partial charge in [-0.25, -0.2) is 4.98 Å². The Kier molecular flexibility index (Phi) is 6.80. The molecule has 0 atom stereocenters. The van der Waals surface area contributed by atoms with Gasteiger partial charge in [0.2, 0.25) is 0 Å². The molecule has 38 heavy (non-hydrogen) atoms. The fraction of sp³-hybridized carbons (Fsp3) is 0.240. The molecule has 4 aromatic rings. The first-order chi connectivity index (χ1) is 18.1. The maximum Gasteiger partial charge on any atom is 0.416 e. The van der Waals surface area contributed by atoms with Crippen LogP contribution in [-0.2, 0) is 20.9 Å². The molecule has 0 amide bonds. The summed E-state index contributed by atoms with van der Waals surface area (Å²) >= 11 is 0. The molecule has 4 heterocycles. The second-order valence-electron chi connectivity index (χ2n) is 8.53. The average molecular weight is 545 g/mol. The van der Waals surface area contributed by atoms with Crippen LogP contribution in [0.1, 0.15) is 11.3 Å². The van der Waals surface area contributed by atoms with Crippen molar-refractivity contribution in [3.63, 3.8) is 0 Å². The minimum atomic E-state index is -4.71. The third-order valence-electron chi connectivity index (χ3n) is 6.15. The summed E-state index contributed by atoms with van der Waals surface area (Å²) in [5, 5.41) is 4.07. The first kappa shape index (κ1) is 25.7. The highest BCUT2D eigenvalue weighted by Gasteiger charge is 2.35. The van der Waals surface area contributed by atoms with E-state index in [4.69, 9.17) is 4.74 Å². The second-order valence-corrected chi connectivity index (χ2v) is 10.5. The van der Waals surface area contributed by atoms with Gasteiger partial charge in [-0.15, -0.1) is 0 Å². The van der Waals surface area contributed by atoms with Crippen molar-refractivity contribution in [2.24, 2.45) is 5.10 Å². The lowest BCUT2D eigenvalue weighted by Crippen LogP contribution is -2.37. The van der Waals surface area contributed by atoms with E-state index in [1.807, 2.05) is 24.4 Å². The van der Waals surface area contributed by atoms with Crippen molar-refractivity contribution in [2.45, 2.75) is 11.1 Å². The zero-order chi connectivity index (χ0) is 26.9. The second kappa shape index (κ2) is 10.1. The summed E-state index contributed by atoms with van der Waals surface area (Å²) in [6.45, 7) is 1.37. The van der Waals surface area contributed by atoms with Crippen molar-refractivity contribution >= 4 is 27.6 Å². The van der Waals surface area contributed by atoms with Gasteiger partial charge >= 0.3 is 6.18 Å². The van der Waals surface area contributed by atoms with Crippen LogP contribution >= 0.6 is 0 Å². The maximum atomic E-state index is 13.5. The fourth-order valence-corrected chi connectivity index (χ4v) is 5.30. The number of hydrazone groups is 1. The molecule has 1 aliphatic rings. The molecule has 13 heteroatoms. The molecule has 1 saturated heterocycles. The number of ether oxygens (including phenoxy) is 1. The smallest absolute Gasteiger partial charge is 0.378 e. The number of anilines is 1. The van der Waals surface area contributed by atoms with E-state index < -0.39 is 26.7 Å². The Morgan fingerprint density at radius 3 is 2.58 bits per heavy atom. The van der Waals surface area contributed by atoms with Crippen molar-refractivity contribution in [2.75, 3.05) is 38.3 Å². The van der Waals surface area contributed by atoms with Gasteiger partial charge in [-0.2, -0.15) is 31.1 Å². The maximum absolute atomic E-state index is 13.5. The highest BCUT2D eigenvalue weighted by Crippen LogP contribution is 2.36. The molecule has 0 unspecified atom stereocenters. The Morgan fingerprint density at radius 2 is 1.87 bits per heavy atom. The number of pyridine rings is 2. The molecule has 3 aromatic heterocycles. The summed E-state index contributed by atoms with van der Waals surface area (Å²) in [6, 6.07) is 10.1. The number of morpholine rings is 1. The first-order valence-corrected chi connectivity index (χ1v) is 13.0. The minimum Gasteiger partial charge on any atom is -0.378 e. The van der Waals surface area contributed by atoms with Gasteiger partial charge in [0.05, 0.1) is 42.6 Å². The number of rotatable bonds is 6. The number of hydrogen-bond acceptors (Lipinski definition) is 7. The highest BCUT2D eigenvalue weighted by atomic mass is 32.2. The van der Waals surface area contributed by atoms with E-state index in [0.29, 0.717) is 48.1 Å². The SMILES string of the molecule is CN(N=Cc1cnc2ccc(-c3cccnc3)cn12)S(=O)(=O)c1cc(C(F)(F)F)ccc1N1CCOCC1. The number of fused-ring (bicyclic) bond motifs is 1. The third kappa shape index (κ3) is 5.07. The normalized spacial score (nSPS) is 14.9. The molecular formula is C25H23F3N6O3S. The Labute approximate surface area is 216 Å². The molecule has 1 aliphatic heterocycles. The van der Waals surface area contributed by atoms with Gasteiger partial charge in [0, 0.05) is 49.9 Å². The summed E-state index contributed by atoms with van der Waals surface area (Å²) in [5.74, 6) is 0. The van der Waals surface area contributed by atoms with Crippen molar-refractivity contribution < 1.29 is 26.3 Å². The van der Waals surface area contributed by atoms with Crippen LogP contribution in [-0.4, -0.2) is 66.8 Å². The predicted octanol–water partition coefficient (Wildman–Crippen LogP) is 3.91. The summed E-state index contributed by atoms with van der Waals surface area (Å²) in [5.41, 5.74) is 1.93. The average Bonchev–Trinajstić information content (AvgIpc) is 3.34. The van der Waals surface area contributed by atoms with Gasteiger partial charge in [0.15, 0.2) is 0 Å². The van der Waals surface area contributed by atoms with Crippen LogP contribution in [0, 0.1) is 0 Å². The van der Waals surface area contributed by atoms with Crippen LogP contribution in [0.25, 0.3) is 16.8 Å². The first-order valence-electron chi connectivity index (χ1n) is 11.6. The Bertz CT molecular complexity index is 1580. The monoisotopic (exact) mass is 544 g/mol. The fourth-order valence-electron chi connectivity index (χ4n) is 4.11. The van der Waals surface area contributed by atoms with Gasteiger partial charge in [-0.3, -0.25) is 9.38 Å². The van der Waals surface area contributed by atoms with Gasteiger partial charge in [-0.05, 0) is 36.4 Å². The Balaban J connectivity index is 1.49. The molecule has 0 bridgehead atoms. The van der Waals surface area contributed by atoms with E-state index in [9.17, 15) is 21.6 Å². The van der Waals surface area contributed by atoms with Gasteiger partial charge in [-0.1, -0.05) is 6.07 Å². The van der Waals surface area contributed by atoms with E-state index in [1.165, 1.54) is 25.5 Å². The topological polar surface area (TPSA) is 92.4 Å². The number of alkyl halides is 3. The van der Waals surface area contributed by atoms with Crippen molar-refractivity contribution in [3.05, 3.63) is 78.5 Å². The number of hydrogen-bond donors (Lipinski definition) is 0. The standard InChI is InChI=1S/C25H23F3N6O3S/c1-32(31-16-21-15-30-24-7-4-19(17-34(21)24)18-3-2-8-29-14-18)38(35,36)23-13-20(25(26,27)28)5-6-22(23)33-9-11-37-12-10-33/h2-8,13-17H,9-12H2,1H3. The zero-order valence-electron chi connectivity index (χ0n) is 20.2. The number of nitrogens with zero attached hydrogens (tertiary/aromatic N) is 6. The number of aromatic nitrogens is 3. The lowest BCUT2D eigenvalue weighted by molar-refractivity contribution is -0.137. The van der Waals surface area contributed by atoms with Crippen LogP contribution < -0.4 is 4.90 Å². The number of halogens is 3. The van der Waals surface area contributed by atoms with E-state index in [0.717, 1.165) is 17.2 Å². The van der Waals surface area contributed by atoms with Crippen molar-refractivity contribution in [1.82, 2.24) is 18.8 Å². The molecule has 0 spiro atoms. The lowest BCUT2D eigenvalue weighted by Gasteiger charge is -2.31. The van der Waals surface area contributed by atoms with Crippen molar-refractivity contribution in [3.8, 4) is 11.1 Å². The summed E-state index contributed by atoms with van der Waals surface area (Å²) in [4.78, 5) is 9.65. The number of sulfonamides is 1. The lowest BCUT2D eigenvalue weighted by atomic mass is 10.1. The molecule has 0 N–H and O–H groups in total. The van der Waals surface area contributed by atoms with Gasteiger partial charge in [0.1, 0.15) is 10.5 Å². The quantitative estimate of drug-likeness (QED) is 0.270. The minimum absolute atomic E-state index is 0.166. The van der Waals surface area contributed by atoms with Crippen LogP contribution in [0.5, 0.6) is 0 Å². The molecule has 198 valence electrons. The summed E-state index contributed by atoms with van der Waals surface area (Å²) < 4.78 is 75.1. The van der Waals surface area contributed by atoms with E-state index in [-0.39, 0.29) is 5.69 Å². The van der Waals surface area contributed by atoms with E-state index in [1.54, 1.807) is 27.8 Å². The molecular weight excluding hydrogens is 521 g/mol. The molecule has 1 fully saturated rings. The molecule has 0 aliphatic carbocycles. The van der Waals surface area contributed by atoms with E-state index >= 15 is 0 Å². The molecule has 0 saturated carbocycles. The highest BCUT2D eigenvalue weighted by molar-refractivity contribution is 7.89. The van der Waals surface area contributed by atoms with Gasteiger partial charge in [0.25, 0.3) is 10.0 Å². The summed E-state index contributed by atoms with van der Waals surface area (Å²) in [6.07, 6.45) is 3.31. The zero-order valence-corrected chi connectivity index (χ0v) is 21.0. The summed E-state index contributed by atoms with van der Waals surface area (Å²) in [7, 11) is -3.26.